The summed E-state index contributed by atoms with van der Waals surface area (Å²) in [5, 5.41) is 4.23. The van der Waals surface area contributed by atoms with Crippen LogP contribution in [0.3, 0.4) is 0 Å². The summed E-state index contributed by atoms with van der Waals surface area (Å²) in [6.45, 7) is 1.69. The number of rotatable bonds is 5. The Balaban J connectivity index is 2.58. The fourth-order valence-electron chi connectivity index (χ4n) is 2.10. The van der Waals surface area contributed by atoms with Crippen molar-refractivity contribution in [3.63, 3.8) is 0 Å². The molecule has 0 aliphatic carbocycles. The van der Waals surface area contributed by atoms with Crippen LogP contribution >= 0.6 is 0 Å². The van der Waals surface area contributed by atoms with Gasteiger partial charge in [0, 0.05) is 5.56 Å². The molecule has 1 aromatic heterocycles. The van der Waals surface area contributed by atoms with E-state index < -0.39 is 5.91 Å². The van der Waals surface area contributed by atoms with E-state index in [0.717, 1.165) is 11.1 Å². The van der Waals surface area contributed by atoms with E-state index in [1.54, 1.807) is 19.2 Å². The fraction of sp³-hybridized carbons (Fsp3) is 0.214. The number of primary amides is 1. The lowest BCUT2D eigenvalue weighted by Gasteiger charge is -2.06. The highest BCUT2D eigenvalue weighted by Gasteiger charge is 2.19. The average molecular weight is 288 g/mol. The number of hydrogen-bond acceptors (Lipinski definition) is 5. The van der Waals surface area contributed by atoms with Gasteiger partial charge in [0.1, 0.15) is 23.8 Å². The molecule has 110 valence electrons. The second-order valence-corrected chi connectivity index (χ2v) is 4.57. The van der Waals surface area contributed by atoms with E-state index in [-0.39, 0.29) is 17.9 Å². The van der Waals surface area contributed by atoms with E-state index in [9.17, 15) is 9.59 Å². The normalized spacial score (nSPS) is 10.4. The number of aromatic nitrogens is 2. The summed E-state index contributed by atoms with van der Waals surface area (Å²) in [5.74, 6) is 0.238. The molecule has 0 saturated carbocycles. The number of hydrogen-bond donors (Lipinski definition) is 2. The van der Waals surface area contributed by atoms with Crippen molar-refractivity contribution in [3.05, 3.63) is 29.3 Å². The first-order valence-electron chi connectivity index (χ1n) is 6.22. The van der Waals surface area contributed by atoms with E-state index in [1.165, 1.54) is 4.68 Å². The molecule has 21 heavy (non-hydrogen) atoms. The second-order valence-electron chi connectivity index (χ2n) is 4.57. The lowest BCUT2D eigenvalue weighted by atomic mass is 10.0. The molecule has 2 rings (SSSR count). The summed E-state index contributed by atoms with van der Waals surface area (Å²) >= 11 is 0. The van der Waals surface area contributed by atoms with Gasteiger partial charge in [-0.2, -0.15) is 5.10 Å². The molecule has 0 bridgehead atoms. The van der Waals surface area contributed by atoms with Crippen molar-refractivity contribution in [1.82, 2.24) is 9.78 Å². The third-order valence-electron chi connectivity index (χ3n) is 3.14. The maximum atomic E-state index is 11.3. The minimum absolute atomic E-state index is 0.119. The van der Waals surface area contributed by atoms with E-state index in [1.807, 2.05) is 13.0 Å². The summed E-state index contributed by atoms with van der Waals surface area (Å²) in [6.07, 6.45) is 0.624. The first kappa shape index (κ1) is 14.6. The van der Waals surface area contributed by atoms with Crippen LogP contribution in [0, 0.1) is 6.92 Å². The molecule has 0 saturated heterocycles. The minimum atomic E-state index is -0.584. The summed E-state index contributed by atoms with van der Waals surface area (Å²) in [6, 6.07) is 5.38. The molecule has 0 aliphatic heterocycles. The lowest BCUT2D eigenvalue weighted by Crippen LogP contribution is -2.20. The molecule has 0 fully saturated rings. The van der Waals surface area contributed by atoms with Gasteiger partial charge >= 0.3 is 0 Å². The van der Waals surface area contributed by atoms with Gasteiger partial charge in [0.25, 0.3) is 0 Å². The van der Waals surface area contributed by atoms with Crippen LogP contribution in [0.1, 0.15) is 15.9 Å². The highest BCUT2D eigenvalue weighted by molar-refractivity contribution is 5.92. The molecule has 0 spiro atoms. The molecule has 1 aromatic carbocycles. The number of aldehydes is 1. The monoisotopic (exact) mass is 288 g/mol. The van der Waals surface area contributed by atoms with Crippen LogP contribution in [0.15, 0.2) is 18.2 Å². The Hall–Kier alpha value is -2.83. The first-order chi connectivity index (χ1) is 9.97. The van der Waals surface area contributed by atoms with Crippen molar-refractivity contribution in [3.8, 4) is 17.0 Å². The number of carbonyl (C=O) groups is 2. The Morgan fingerprint density at radius 1 is 1.48 bits per heavy atom. The number of amides is 1. The van der Waals surface area contributed by atoms with Crippen molar-refractivity contribution in [2.45, 2.75) is 13.5 Å². The van der Waals surface area contributed by atoms with Crippen molar-refractivity contribution < 1.29 is 14.3 Å². The minimum Gasteiger partial charge on any atom is -0.497 e. The maximum Gasteiger partial charge on any atom is 0.239 e. The van der Waals surface area contributed by atoms with Gasteiger partial charge in [0.05, 0.1) is 12.7 Å². The molecular weight excluding hydrogens is 272 g/mol. The van der Waals surface area contributed by atoms with E-state index in [4.69, 9.17) is 16.2 Å². The van der Waals surface area contributed by atoms with Crippen LogP contribution in [0.25, 0.3) is 11.3 Å². The van der Waals surface area contributed by atoms with Crippen molar-refractivity contribution in [2.24, 2.45) is 5.73 Å². The zero-order chi connectivity index (χ0) is 15.6. The third-order valence-corrected chi connectivity index (χ3v) is 3.14. The number of ether oxygens (including phenoxy) is 1. The van der Waals surface area contributed by atoms with Gasteiger partial charge in [-0.1, -0.05) is 0 Å². The van der Waals surface area contributed by atoms with E-state index in [0.29, 0.717) is 17.7 Å². The van der Waals surface area contributed by atoms with Crippen LogP contribution in [-0.2, 0) is 11.3 Å². The van der Waals surface area contributed by atoms with Gasteiger partial charge in [-0.25, -0.2) is 4.68 Å². The van der Waals surface area contributed by atoms with Gasteiger partial charge in [0.2, 0.25) is 5.91 Å². The number of aryl methyl sites for hydroxylation is 1. The first-order valence-corrected chi connectivity index (χ1v) is 6.22. The largest absolute Gasteiger partial charge is 0.497 e. The predicted octanol–water partition coefficient (Wildman–Crippen LogP) is 0.747. The van der Waals surface area contributed by atoms with Crippen LogP contribution in [0.4, 0.5) is 5.82 Å². The van der Waals surface area contributed by atoms with Gasteiger partial charge in [-0.05, 0) is 30.7 Å². The average Bonchev–Trinajstić information content (AvgIpc) is 2.74. The maximum absolute atomic E-state index is 11.3. The van der Waals surface area contributed by atoms with E-state index >= 15 is 0 Å². The Morgan fingerprint density at radius 2 is 2.19 bits per heavy atom. The Kier molecular flexibility index (Phi) is 3.93. The topological polar surface area (TPSA) is 113 Å². The number of nitrogen functional groups attached to an aromatic ring is 1. The summed E-state index contributed by atoms with van der Waals surface area (Å²) in [7, 11) is 1.57. The van der Waals surface area contributed by atoms with Gasteiger partial charge in [-0.15, -0.1) is 0 Å². The van der Waals surface area contributed by atoms with Crippen LogP contribution in [0.2, 0.25) is 0 Å². The molecule has 0 radical (unpaired) electrons. The van der Waals surface area contributed by atoms with Gasteiger partial charge < -0.3 is 16.2 Å². The Labute approximate surface area is 121 Å². The Bertz CT molecular complexity index is 706. The van der Waals surface area contributed by atoms with Crippen LogP contribution < -0.4 is 16.2 Å². The van der Waals surface area contributed by atoms with Crippen molar-refractivity contribution in [2.75, 3.05) is 12.8 Å². The molecule has 1 amide bonds. The molecule has 7 heteroatoms. The molecule has 0 atom stereocenters. The highest BCUT2D eigenvalue weighted by Crippen LogP contribution is 2.30. The molecular formula is C14H16N4O3. The molecule has 2 aromatic rings. The number of nitrogens with two attached hydrogens (primary N) is 2. The number of anilines is 1. The van der Waals surface area contributed by atoms with Crippen molar-refractivity contribution in [1.29, 1.82) is 0 Å². The van der Waals surface area contributed by atoms with Crippen molar-refractivity contribution >= 4 is 18.0 Å². The Morgan fingerprint density at radius 3 is 2.71 bits per heavy atom. The zero-order valence-corrected chi connectivity index (χ0v) is 11.8. The molecule has 7 nitrogen and oxygen atoms in total. The number of carbonyl (C=O) groups excluding carboxylic acids is 2. The van der Waals surface area contributed by atoms with Crippen LogP contribution in [0.5, 0.6) is 5.75 Å². The molecule has 0 unspecified atom stereocenters. The standard InChI is InChI=1S/C14H16N4O3/c1-8-5-9(21-2)3-4-10(8)13-11(7-19)14(16)18(17-13)6-12(15)20/h3-5,7H,6,16H2,1-2H3,(H2,15,20). The zero-order valence-electron chi connectivity index (χ0n) is 11.8. The van der Waals surface area contributed by atoms with Gasteiger partial charge in [-0.3, -0.25) is 9.59 Å². The lowest BCUT2D eigenvalue weighted by molar-refractivity contribution is -0.118. The van der Waals surface area contributed by atoms with Gasteiger partial charge in [0.15, 0.2) is 6.29 Å². The molecule has 0 aliphatic rings. The second kappa shape index (κ2) is 5.66. The molecule has 1 heterocycles. The smallest absolute Gasteiger partial charge is 0.239 e. The summed E-state index contributed by atoms with van der Waals surface area (Å²) < 4.78 is 6.37. The number of nitrogens with zero attached hydrogens (tertiary/aromatic N) is 2. The SMILES string of the molecule is COc1ccc(-c2nn(CC(N)=O)c(N)c2C=O)c(C)c1. The predicted molar refractivity (Wildman–Crippen MR) is 77.9 cm³/mol. The summed E-state index contributed by atoms with van der Waals surface area (Å²) in [5.41, 5.74) is 13.3. The number of benzene rings is 1. The third kappa shape index (κ3) is 2.71. The number of methoxy groups -OCH3 is 1. The molecule has 4 N–H and O–H groups in total. The van der Waals surface area contributed by atoms with Crippen LogP contribution in [-0.4, -0.2) is 29.1 Å². The quantitative estimate of drug-likeness (QED) is 0.788. The highest BCUT2D eigenvalue weighted by atomic mass is 16.5. The summed E-state index contributed by atoms with van der Waals surface area (Å²) in [4.78, 5) is 22.3. The van der Waals surface area contributed by atoms with E-state index in [2.05, 4.69) is 5.10 Å². The fourth-order valence-corrected chi connectivity index (χ4v) is 2.10.